The Morgan fingerprint density at radius 3 is 2.56 bits per heavy atom. The van der Waals surface area contributed by atoms with E-state index in [0.29, 0.717) is 24.3 Å². The van der Waals surface area contributed by atoms with Crippen LogP contribution in [-0.4, -0.2) is 36.1 Å². The van der Waals surface area contributed by atoms with Crippen LogP contribution >= 0.6 is 15.9 Å². The first-order valence-corrected chi connectivity index (χ1v) is 6.76. The van der Waals surface area contributed by atoms with Crippen molar-refractivity contribution in [3.8, 4) is 0 Å². The summed E-state index contributed by atoms with van der Waals surface area (Å²) in [4.78, 5) is 14.2. The Bertz CT molecular complexity index is 454. The molecule has 0 saturated carbocycles. The van der Waals surface area contributed by atoms with Gasteiger partial charge in [-0.05, 0) is 48.0 Å². The number of nitrogens with zero attached hydrogens (tertiary/aromatic N) is 1. The van der Waals surface area contributed by atoms with Crippen LogP contribution in [0.25, 0.3) is 0 Å². The number of anilines is 1. The largest absolute Gasteiger partial charge is 0.398 e. The number of halogens is 1. The number of carbonyl (C=O) groups excluding carboxylic acids is 1. The highest BCUT2D eigenvalue weighted by molar-refractivity contribution is 9.10. The van der Waals surface area contributed by atoms with Gasteiger partial charge >= 0.3 is 0 Å². The molecule has 1 aromatic rings. The van der Waals surface area contributed by atoms with Crippen molar-refractivity contribution in [2.24, 2.45) is 0 Å². The van der Waals surface area contributed by atoms with E-state index in [-0.39, 0.29) is 18.1 Å². The first-order valence-electron chi connectivity index (χ1n) is 5.97. The van der Waals surface area contributed by atoms with Gasteiger partial charge in [0.1, 0.15) is 0 Å². The fourth-order valence-corrected chi connectivity index (χ4v) is 2.45. The maximum absolute atomic E-state index is 12.4. The highest BCUT2D eigenvalue weighted by Crippen LogP contribution is 2.22. The molecular weight excluding hydrogens is 296 g/mol. The molecule has 0 spiro atoms. The molecule has 1 heterocycles. The number of hydrogen-bond donors (Lipinski definition) is 1. The minimum Gasteiger partial charge on any atom is -0.398 e. The van der Waals surface area contributed by atoms with Crippen molar-refractivity contribution >= 4 is 27.5 Å². The molecule has 0 unspecified atom stereocenters. The summed E-state index contributed by atoms with van der Waals surface area (Å²) in [6, 6.07) is 5.29. The SMILES string of the molecule is C[C@@H]1CN(C(=O)c2ccc(Br)c(N)c2)C[C@@H](C)O1. The van der Waals surface area contributed by atoms with Gasteiger partial charge in [-0.3, -0.25) is 4.79 Å². The van der Waals surface area contributed by atoms with Crippen LogP contribution in [0.1, 0.15) is 24.2 Å². The number of hydrogen-bond acceptors (Lipinski definition) is 3. The van der Waals surface area contributed by atoms with Gasteiger partial charge in [0, 0.05) is 28.8 Å². The normalized spacial score (nSPS) is 24.1. The number of nitrogen functional groups attached to an aromatic ring is 1. The Morgan fingerprint density at radius 2 is 2.00 bits per heavy atom. The number of amides is 1. The second kappa shape index (κ2) is 5.28. The molecular formula is C13H17BrN2O2. The molecule has 2 N–H and O–H groups in total. The van der Waals surface area contributed by atoms with Crippen molar-refractivity contribution in [3.63, 3.8) is 0 Å². The molecule has 1 aliphatic heterocycles. The molecule has 18 heavy (non-hydrogen) atoms. The quantitative estimate of drug-likeness (QED) is 0.809. The van der Waals surface area contributed by atoms with Gasteiger partial charge < -0.3 is 15.4 Å². The zero-order valence-electron chi connectivity index (χ0n) is 10.5. The van der Waals surface area contributed by atoms with Crippen LogP contribution in [0.5, 0.6) is 0 Å². The number of morpholine rings is 1. The molecule has 0 aromatic heterocycles. The van der Waals surface area contributed by atoms with Crippen LogP contribution in [0.15, 0.2) is 22.7 Å². The first-order chi connectivity index (χ1) is 8.47. The van der Waals surface area contributed by atoms with Crippen LogP contribution in [0.4, 0.5) is 5.69 Å². The fraction of sp³-hybridized carbons (Fsp3) is 0.462. The molecule has 98 valence electrons. The minimum absolute atomic E-state index is 0.0104. The zero-order valence-corrected chi connectivity index (χ0v) is 12.1. The molecule has 4 nitrogen and oxygen atoms in total. The summed E-state index contributed by atoms with van der Waals surface area (Å²) >= 11 is 3.32. The van der Waals surface area contributed by atoms with Crippen molar-refractivity contribution in [1.29, 1.82) is 0 Å². The highest BCUT2D eigenvalue weighted by atomic mass is 79.9. The van der Waals surface area contributed by atoms with E-state index in [4.69, 9.17) is 10.5 Å². The van der Waals surface area contributed by atoms with E-state index >= 15 is 0 Å². The van der Waals surface area contributed by atoms with E-state index in [9.17, 15) is 4.79 Å². The third-order valence-corrected chi connectivity index (χ3v) is 3.67. The average molecular weight is 313 g/mol. The Kier molecular flexibility index (Phi) is 3.92. The van der Waals surface area contributed by atoms with E-state index in [1.54, 1.807) is 18.2 Å². The Morgan fingerprint density at radius 1 is 1.39 bits per heavy atom. The molecule has 0 bridgehead atoms. The summed E-state index contributed by atoms with van der Waals surface area (Å²) in [5.41, 5.74) is 7.00. The van der Waals surface area contributed by atoms with Gasteiger partial charge in [0.2, 0.25) is 0 Å². The predicted molar refractivity (Wildman–Crippen MR) is 74.5 cm³/mol. The number of rotatable bonds is 1. The van der Waals surface area contributed by atoms with Crippen LogP contribution < -0.4 is 5.73 Å². The Labute approximate surface area is 115 Å². The fourth-order valence-electron chi connectivity index (χ4n) is 2.20. The molecule has 1 fully saturated rings. The highest BCUT2D eigenvalue weighted by Gasteiger charge is 2.26. The summed E-state index contributed by atoms with van der Waals surface area (Å²) in [5.74, 6) is 0.0104. The summed E-state index contributed by atoms with van der Waals surface area (Å²) in [6.07, 6.45) is 0.149. The van der Waals surface area contributed by atoms with E-state index < -0.39 is 0 Å². The standard InChI is InChI=1S/C13H17BrN2O2/c1-8-6-16(7-9(2)18-8)13(17)10-3-4-11(14)12(15)5-10/h3-5,8-9H,6-7,15H2,1-2H3/t8-,9-/m1/s1. The van der Waals surface area contributed by atoms with Crippen LogP contribution in [0.2, 0.25) is 0 Å². The predicted octanol–water partition coefficient (Wildman–Crippen LogP) is 2.28. The van der Waals surface area contributed by atoms with Gasteiger partial charge in [0.25, 0.3) is 5.91 Å². The smallest absolute Gasteiger partial charge is 0.254 e. The maximum Gasteiger partial charge on any atom is 0.254 e. The first kappa shape index (κ1) is 13.4. The van der Waals surface area contributed by atoms with E-state index in [1.165, 1.54) is 0 Å². The Balaban J connectivity index is 2.17. The van der Waals surface area contributed by atoms with Gasteiger partial charge in [-0.2, -0.15) is 0 Å². The van der Waals surface area contributed by atoms with E-state index in [0.717, 1.165) is 4.47 Å². The molecule has 1 aliphatic rings. The van der Waals surface area contributed by atoms with Crippen molar-refractivity contribution in [3.05, 3.63) is 28.2 Å². The van der Waals surface area contributed by atoms with Crippen molar-refractivity contribution in [2.75, 3.05) is 18.8 Å². The van der Waals surface area contributed by atoms with Crippen molar-refractivity contribution in [2.45, 2.75) is 26.1 Å². The van der Waals surface area contributed by atoms with E-state index in [2.05, 4.69) is 15.9 Å². The second-order valence-electron chi connectivity index (χ2n) is 4.70. The number of benzene rings is 1. The summed E-state index contributed by atoms with van der Waals surface area (Å²) in [6.45, 7) is 5.20. The molecule has 1 saturated heterocycles. The summed E-state index contributed by atoms with van der Waals surface area (Å²) in [5, 5.41) is 0. The van der Waals surface area contributed by atoms with Crippen LogP contribution in [-0.2, 0) is 4.74 Å². The lowest BCUT2D eigenvalue weighted by molar-refractivity contribution is -0.0586. The van der Waals surface area contributed by atoms with Gasteiger partial charge in [-0.25, -0.2) is 0 Å². The third kappa shape index (κ3) is 2.84. The maximum atomic E-state index is 12.4. The van der Waals surface area contributed by atoms with Gasteiger partial charge in [-0.1, -0.05) is 0 Å². The second-order valence-corrected chi connectivity index (χ2v) is 5.56. The summed E-state index contributed by atoms with van der Waals surface area (Å²) < 4.78 is 6.43. The lowest BCUT2D eigenvalue weighted by Crippen LogP contribution is -2.48. The average Bonchev–Trinajstić information content (AvgIpc) is 2.30. The van der Waals surface area contributed by atoms with Gasteiger partial charge in [-0.15, -0.1) is 0 Å². The molecule has 0 aliphatic carbocycles. The zero-order chi connectivity index (χ0) is 13.3. The molecule has 1 aromatic carbocycles. The van der Waals surface area contributed by atoms with Gasteiger partial charge in [0.05, 0.1) is 12.2 Å². The molecule has 0 radical (unpaired) electrons. The van der Waals surface area contributed by atoms with Crippen LogP contribution in [0, 0.1) is 0 Å². The van der Waals surface area contributed by atoms with E-state index in [1.807, 2.05) is 18.7 Å². The number of nitrogens with two attached hydrogens (primary N) is 1. The molecule has 2 atom stereocenters. The number of carbonyl (C=O) groups is 1. The molecule has 2 rings (SSSR count). The van der Waals surface area contributed by atoms with Crippen molar-refractivity contribution in [1.82, 2.24) is 4.90 Å². The van der Waals surface area contributed by atoms with Gasteiger partial charge in [0.15, 0.2) is 0 Å². The number of ether oxygens (including phenoxy) is 1. The molecule has 5 heteroatoms. The lowest BCUT2D eigenvalue weighted by atomic mass is 10.1. The topological polar surface area (TPSA) is 55.6 Å². The Hall–Kier alpha value is -1.07. The molecule has 1 amide bonds. The lowest BCUT2D eigenvalue weighted by Gasteiger charge is -2.35. The monoisotopic (exact) mass is 312 g/mol. The minimum atomic E-state index is 0.0104. The van der Waals surface area contributed by atoms with Crippen molar-refractivity contribution < 1.29 is 9.53 Å². The third-order valence-electron chi connectivity index (χ3n) is 2.95. The summed E-state index contributed by atoms with van der Waals surface area (Å²) in [7, 11) is 0. The van der Waals surface area contributed by atoms with Crippen LogP contribution in [0.3, 0.4) is 0 Å².